The molecule has 0 fully saturated rings. The molecule has 0 aliphatic rings. The minimum absolute atomic E-state index is 0.0197. The second kappa shape index (κ2) is 5.43. The van der Waals surface area contributed by atoms with Gasteiger partial charge in [-0.25, -0.2) is 0 Å². The van der Waals surface area contributed by atoms with Gasteiger partial charge in [-0.15, -0.1) is 0 Å². The summed E-state index contributed by atoms with van der Waals surface area (Å²) in [5.74, 6) is 0.650. The molecule has 1 rings (SSSR count). The molecular weight excluding hydrogens is 174 g/mol. The largest absolute Gasteiger partial charge is 0.352 e. The molecule has 0 aliphatic heterocycles. The van der Waals surface area contributed by atoms with Gasteiger partial charge in [-0.3, -0.25) is 4.79 Å². The number of carbonyl (C=O) groups is 1. The molecule has 0 aliphatic carbocycles. The summed E-state index contributed by atoms with van der Waals surface area (Å²) in [6.07, 6.45) is 1.03. The molecule has 0 saturated carbocycles. The van der Waals surface area contributed by atoms with Gasteiger partial charge in [-0.05, 0) is 24.5 Å². The minimum Gasteiger partial charge on any atom is -0.352 e. The second-order valence-electron chi connectivity index (χ2n) is 3.80. The molecule has 0 atom stereocenters. The fourth-order valence-corrected chi connectivity index (χ4v) is 1.17. The Bertz CT molecular complexity index is 280. The number of carbonyl (C=O) groups excluding carboxylic acids is 1. The van der Waals surface area contributed by atoms with Gasteiger partial charge in [0, 0.05) is 12.1 Å². The third-order valence-corrected chi connectivity index (χ3v) is 2.04. The van der Waals surface area contributed by atoms with Crippen molar-refractivity contribution in [3.8, 4) is 0 Å². The molecule has 0 saturated heterocycles. The SMILES string of the molecule is CC(C)CCNC(=O)c1ccccc1. The fraction of sp³-hybridized carbons (Fsp3) is 0.417. The van der Waals surface area contributed by atoms with Crippen LogP contribution in [0.25, 0.3) is 0 Å². The van der Waals surface area contributed by atoms with Gasteiger partial charge in [0.15, 0.2) is 0 Å². The molecule has 2 nitrogen and oxygen atoms in total. The quantitative estimate of drug-likeness (QED) is 0.778. The van der Waals surface area contributed by atoms with E-state index >= 15 is 0 Å². The zero-order valence-corrected chi connectivity index (χ0v) is 8.79. The zero-order valence-electron chi connectivity index (χ0n) is 8.79. The number of hydrogen-bond donors (Lipinski definition) is 1. The predicted molar refractivity (Wildman–Crippen MR) is 58.2 cm³/mol. The first-order chi connectivity index (χ1) is 6.70. The van der Waals surface area contributed by atoms with Gasteiger partial charge < -0.3 is 5.32 Å². The molecule has 0 radical (unpaired) electrons. The van der Waals surface area contributed by atoms with E-state index in [2.05, 4.69) is 19.2 Å². The Hall–Kier alpha value is -1.31. The fourth-order valence-electron chi connectivity index (χ4n) is 1.17. The van der Waals surface area contributed by atoms with Crippen molar-refractivity contribution in [2.24, 2.45) is 5.92 Å². The highest BCUT2D eigenvalue weighted by atomic mass is 16.1. The van der Waals surface area contributed by atoms with E-state index in [4.69, 9.17) is 0 Å². The van der Waals surface area contributed by atoms with Crippen LogP contribution in [0.15, 0.2) is 30.3 Å². The lowest BCUT2D eigenvalue weighted by molar-refractivity contribution is 0.0952. The summed E-state index contributed by atoms with van der Waals surface area (Å²) in [5, 5.41) is 2.89. The Morgan fingerprint density at radius 3 is 2.50 bits per heavy atom. The van der Waals surface area contributed by atoms with Gasteiger partial charge in [-0.2, -0.15) is 0 Å². The standard InChI is InChI=1S/C12H17NO/c1-10(2)8-9-13-12(14)11-6-4-3-5-7-11/h3-7,10H,8-9H2,1-2H3,(H,13,14). The van der Waals surface area contributed by atoms with Gasteiger partial charge in [0.05, 0.1) is 0 Å². The minimum atomic E-state index is 0.0197. The van der Waals surface area contributed by atoms with Gasteiger partial charge in [-0.1, -0.05) is 32.0 Å². The summed E-state index contributed by atoms with van der Waals surface area (Å²) in [7, 11) is 0. The maximum absolute atomic E-state index is 11.5. The third kappa shape index (κ3) is 3.60. The Balaban J connectivity index is 2.36. The lowest BCUT2D eigenvalue weighted by Crippen LogP contribution is -2.25. The normalized spacial score (nSPS) is 10.2. The Morgan fingerprint density at radius 2 is 1.93 bits per heavy atom. The van der Waals surface area contributed by atoms with Crippen LogP contribution in [-0.2, 0) is 0 Å². The molecule has 0 heterocycles. The molecule has 1 amide bonds. The number of nitrogens with one attached hydrogen (secondary N) is 1. The highest BCUT2D eigenvalue weighted by molar-refractivity contribution is 5.94. The lowest BCUT2D eigenvalue weighted by Gasteiger charge is -2.06. The molecule has 1 N–H and O–H groups in total. The molecule has 0 spiro atoms. The summed E-state index contributed by atoms with van der Waals surface area (Å²) in [4.78, 5) is 11.5. The van der Waals surface area contributed by atoms with Crippen LogP contribution in [0.2, 0.25) is 0 Å². The van der Waals surface area contributed by atoms with Crippen molar-refractivity contribution in [3.05, 3.63) is 35.9 Å². The Labute approximate surface area is 85.3 Å². The summed E-state index contributed by atoms with van der Waals surface area (Å²) in [6.45, 7) is 5.05. The van der Waals surface area contributed by atoms with E-state index in [-0.39, 0.29) is 5.91 Å². The van der Waals surface area contributed by atoms with Crippen molar-refractivity contribution >= 4 is 5.91 Å². The summed E-state index contributed by atoms with van der Waals surface area (Å²) >= 11 is 0. The number of amides is 1. The predicted octanol–water partition coefficient (Wildman–Crippen LogP) is 2.46. The highest BCUT2D eigenvalue weighted by Crippen LogP contribution is 2.00. The Kier molecular flexibility index (Phi) is 4.17. The summed E-state index contributed by atoms with van der Waals surface area (Å²) in [5.41, 5.74) is 0.733. The van der Waals surface area contributed by atoms with E-state index < -0.39 is 0 Å². The van der Waals surface area contributed by atoms with Gasteiger partial charge >= 0.3 is 0 Å². The van der Waals surface area contributed by atoms with Crippen LogP contribution in [0.5, 0.6) is 0 Å². The molecule has 2 heteroatoms. The van der Waals surface area contributed by atoms with Gasteiger partial charge in [0.2, 0.25) is 0 Å². The molecule has 14 heavy (non-hydrogen) atoms. The first kappa shape index (κ1) is 10.8. The first-order valence-electron chi connectivity index (χ1n) is 5.03. The van der Waals surface area contributed by atoms with E-state index in [0.717, 1.165) is 18.5 Å². The van der Waals surface area contributed by atoms with E-state index in [9.17, 15) is 4.79 Å². The van der Waals surface area contributed by atoms with Crippen molar-refractivity contribution in [1.29, 1.82) is 0 Å². The molecule has 0 aromatic heterocycles. The van der Waals surface area contributed by atoms with E-state index in [1.807, 2.05) is 30.3 Å². The van der Waals surface area contributed by atoms with Crippen LogP contribution >= 0.6 is 0 Å². The third-order valence-electron chi connectivity index (χ3n) is 2.04. The van der Waals surface area contributed by atoms with Crippen LogP contribution in [0.4, 0.5) is 0 Å². The van der Waals surface area contributed by atoms with Crippen molar-refractivity contribution in [1.82, 2.24) is 5.32 Å². The molecular formula is C12H17NO. The molecule has 76 valence electrons. The highest BCUT2D eigenvalue weighted by Gasteiger charge is 2.03. The average molecular weight is 191 g/mol. The van der Waals surface area contributed by atoms with E-state index in [0.29, 0.717) is 5.92 Å². The van der Waals surface area contributed by atoms with Gasteiger partial charge in [0.1, 0.15) is 0 Å². The van der Waals surface area contributed by atoms with Crippen LogP contribution in [0.3, 0.4) is 0 Å². The topological polar surface area (TPSA) is 29.1 Å². The van der Waals surface area contributed by atoms with Crippen molar-refractivity contribution in [2.75, 3.05) is 6.54 Å². The molecule has 1 aromatic carbocycles. The van der Waals surface area contributed by atoms with E-state index in [1.165, 1.54) is 0 Å². The van der Waals surface area contributed by atoms with Crippen LogP contribution in [0.1, 0.15) is 30.6 Å². The second-order valence-corrected chi connectivity index (χ2v) is 3.80. The summed E-state index contributed by atoms with van der Waals surface area (Å²) < 4.78 is 0. The van der Waals surface area contributed by atoms with Crippen LogP contribution in [0, 0.1) is 5.92 Å². The maximum Gasteiger partial charge on any atom is 0.251 e. The molecule has 0 bridgehead atoms. The average Bonchev–Trinajstić information content (AvgIpc) is 2.18. The molecule has 0 unspecified atom stereocenters. The number of benzene rings is 1. The zero-order chi connectivity index (χ0) is 10.4. The Morgan fingerprint density at radius 1 is 1.29 bits per heavy atom. The van der Waals surface area contributed by atoms with Crippen LogP contribution < -0.4 is 5.32 Å². The maximum atomic E-state index is 11.5. The van der Waals surface area contributed by atoms with Gasteiger partial charge in [0.25, 0.3) is 5.91 Å². The van der Waals surface area contributed by atoms with Crippen molar-refractivity contribution < 1.29 is 4.79 Å². The monoisotopic (exact) mass is 191 g/mol. The van der Waals surface area contributed by atoms with E-state index in [1.54, 1.807) is 0 Å². The lowest BCUT2D eigenvalue weighted by atomic mass is 10.1. The first-order valence-corrected chi connectivity index (χ1v) is 5.03. The molecule has 1 aromatic rings. The number of hydrogen-bond acceptors (Lipinski definition) is 1. The van der Waals surface area contributed by atoms with Crippen molar-refractivity contribution in [2.45, 2.75) is 20.3 Å². The van der Waals surface area contributed by atoms with Crippen molar-refractivity contribution in [3.63, 3.8) is 0 Å². The summed E-state index contributed by atoms with van der Waals surface area (Å²) in [6, 6.07) is 9.30. The number of rotatable bonds is 4. The smallest absolute Gasteiger partial charge is 0.251 e. The van der Waals surface area contributed by atoms with Crippen LogP contribution in [-0.4, -0.2) is 12.5 Å².